The zero-order valence-corrected chi connectivity index (χ0v) is 7.01. The smallest absolute Gasteiger partial charge is 0.238 e. The molecule has 0 aromatic heterocycles. The predicted octanol–water partition coefficient (Wildman–Crippen LogP) is 0.804. The summed E-state index contributed by atoms with van der Waals surface area (Å²) in [5.41, 5.74) is 0.307. The third kappa shape index (κ3) is 2.02. The second-order valence-electron chi connectivity index (χ2n) is 2.33. The first-order chi connectivity index (χ1) is 5.54. The standard InChI is InChI=1S/C7H8FNO2S/c8-5-6-2-1-3-7(4-6)12(9,10)11/h1-4H,5H2,(H2,9,10,11). The van der Waals surface area contributed by atoms with Gasteiger partial charge in [0.05, 0.1) is 4.90 Å². The van der Waals surface area contributed by atoms with Crippen molar-refractivity contribution in [2.45, 2.75) is 11.6 Å². The molecular weight excluding hydrogens is 181 g/mol. The van der Waals surface area contributed by atoms with Crippen molar-refractivity contribution in [2.75, 3.05) is 0 Å². The number of sulfonamides is 1. The van der Waals surface area contributed by atoms with Crippen LogP contribution in [-0.2, 0) is 16.7 Å². The zero-order valence-electron chi connectivity index (χ0n) is 6.20. The van der Waals surface area contributed by atoms with Crippen LogP contribution in [0.4, 0.5) is 4.39 Å². The van der Waals surface area contributed by atoms with Crippen LogP contribution in [0.5, 0.6) is 0 Å². The Balaban J connectivity index is 3.20. The number of hydrogen-bond acceptors (Lipinski definition) is 2. The van der Waals surface area contributed by atoms with Gasteiger partial charge in [-0.05, 0) is 17.7 Å². The predicted molar refractivity (Wildman–Crippen MR) is 42.6 cm³/mol. The molecule has 0 amide bonds. The van der Waals surface area contributed by atoms with Crippen LogP contribution in [0.2, 0.25) is 0 Å². The average Bonchev–Trinajstić information content (AvgIpc) is 2.03. The van der Waals surface area contributed by atoms with E-state index in [0.717, 1.165) is 0 Å². The summed E-state index contributed by atoms with van der Waals surface area (Å²) < 4.78 is 33.6. The summed E-state index contributed by atoms with van der Waals surface area (Å²) in [7, 11) is -3.70. The Labute approximate surface area is 70.1 Å². The van der Waals surface area contributed by atoms with Crippen molar-refractivity contribution in [3.8, 4) is 0 Å². The van der Waals surface area contributed by atoms with Crippen molar-refractivity contribution in [2.24, 2.45) is 5.14 Å². The first-order valence-corrected chi connectivity index (χ1v) is 4.76. The van der Waals surface area contributed by atoms with Crippen LogP contribution < -0.4 is 5.14 Å². The second kappa shape index (κ2) is 3.20. The van der Waals surface area contributed by atoms with Crippen LogP contribution in [0.25, 0.3) is 0 Å². The molecule has 0 fully saturated rings. The minimum atomic E-state index is -3.70. The molecule has 12 heavy (non-hydrogen) atoms. The number of benzene rings is 1. The zero-order chi connectivity index (χ0) is 9.19. The maximum atomic E-state index is 12.1. The fourth-order valence-electron chi connectivity index (χ4n) is 0.806. The molecule has 0 heterocycles. The third-order valence-electron chi connectivity index (χ3n) is 1.38. The van der Waals surface area contributed by atoms with Crippen LogP contribution in [0.15, 0.2) is 29.2 Å². The topological polar surface area (TPSA) is 60.2 Å². The molecule has 0 atom stereocenters. The van der Waals surface area contributed by atoms with Crippen molar-refractivity contribution in [3.63, 3.8) is 0 Å². The molecule has 0 saturated heterocycles. The monoisotopic (exact) mass is 189 g/mol. The van der Waals surface area contributed by atoms with Crippen molar-refractivity contribution >= 4 is 10.0 Å². The molecule has 5 heteroatoms. The van der Waals surface area contributed by atoms with Crippen LogP contribution in [0, 0.1) is 0 Å². The molecule has 1 rings (SSSR count). The Morgan fingerprint density at radius 2 is 2.08 bits per heavy atom. The summed E-state index contributed by atoms with van der Waals surface area (Å²) in [5.74, 6) is 0. The maximum Gasteiger partial charge on any atom is 0.238 e. The van der Waals surface area contributed by atoms with E-state index in [1.807, 2.05) is 0 Å². The van der Waals surface area contributed by atoms with Crippen LogP contribution in [0.3, 0.4) is 0 Å². The lowest BCUT2D eigenvalue weighted by molar-refractivity contribution is 0.484. The molecule has 0 saturated carbocycles. The second-order valence-corrected chi connectivity index (χ2v) is 3.89. The van der Waals surface area contributed by atoms with Crippen molar-refractivity contribution in [1.29, 1.82) is 0 Å². The van der Waals surface area contributed by atoms with E-state index in [1.165, 1.54) is 24.3 Å². The van der Waals surface area contributed by atoms with Gasteiger partial charge < -0.3 is 0 Å². The summed E-state index contributed by atoms with van der Waals surface area (Å²) >= 11 is 0. The average molecular weight is 189 g/mol. The fourth-order valence-corrected chi connectivity index (χ4v) is 1.39. The lowest BCUT2D eigenvalue weighted by atomic mass is 10.2. The molecule has 0 aliphatic carbocycles. The highest BCUT2D eigenvalue weighted by Crippen LogP contribution is 2.10. The highest BCUT2D eigenvalue weighted by Gasteiger charge is 2.06. The van der Waals surface area contributed by atoms with E-state index in [0.29, 0.717) is 5.56 Å². The number of nitrogens with two attached hydrogens (primary N) is 1. The number of primary sulfonamides is 1. The molecule has 1 aromatic carbocycles. The number of alkyl halides is 1. The van der Waals surface area contributed by atoms with Crippen LogP contribution in [-0.4, -0.2) is 8.42 Å². The Morgan fingerprint density at radius 1 is 1.42 bits per heavy atom. The first kappa shape index (κ1) is 9.15. The van der Waals surface area contributed by atoms with E-state index in [2.05, 4.69) is 0 Å². The highest BCUT2D eigenvalue weighted by molar-refractivity contribution is 7.89. The number of hydrogen-bond donors (Lipinski definition) is 1. The van der Waals surface area contributed by atoms with Gasteiger partial charge >= 0.3 is 0 Å². The van der Waals surface area contributed by atoms with E-state index in [-0.39, 0.29) is 4.90 Å². The van der Waals surface area contributed by atoms with Gasteiger partial charge in [0.15, 0.2) is 0 Å². The summed E-state index contributed by atoms with van der Waals surface area (Å²) in [6, 6.07) is 5.49. The summed E-state index contributed by atoms with van der Waals surface area (Å²) in [6.07, 6.45) is 0. The SMILES string of the molecule is NS(=O)(=O)c1cccc(CF)c1. The number of rotatable bonds is 2. The quantitative estimate of drug-likeness (QED) is 0.748. The third-order valence-corrected chi connectivity index (χ3v) is 2.29. The van der Waals surface area contributed by atoms with Crippen molar-refractivity contribution < 1.29 is 12.8 Å². The highest BCUT2D eigenvalue weighted by atomic mass is 32.2. The van der Waals surface area contributed by atoms with Gasteiger partial charge in [-0.2, -0.15) is 0 Å². The minimum Gasteiger partial charge on any atom is -0.246 e. The van der Waals surface area contributed by atoms with E-state index >= 15 is 0 Å². The summed E-state index contributed by atoms with van der Waals surface area (Å²) in [5, 5.41) is 4.83. The van der Waals surface area contributed by atoms with Gasteiger partial charge in [-0.15, -0.1) is 0 Å². The van der Waals surface area contributed by atoms with Crippen molar-refractivity contribution in [1.82, 2.24) is 0 Å². The van der Waals surface area contributed by atoms with Gasteiger partial charge in [0, 0.05) is 0 Å². The molecule has 0 spiro atoms. The minimum absolute atomic E-state index is 0.0577. The molecule has 2 N–H and O–H groups in total. The van der Waals surface area contributed by atoms with E-state index in [9.17, 15) is 12.8 Å². The Kier molecular flexibility index (Phi) is 2.44. The molecule has 0 aliphatic heterocycles. The van der Waals surface area contributed by atoms with Gasteiger partial charge in [0.2, 0.25) is 10.0 Å². The Morgan fingerprint density at radius 3 is 2.58 bits per heavy atom. The van der Waals surface area contributed by atoms with E-state index in [1.54, 1.807) is 0 Å². The van der Waals surface area contributed by atoms with Gasteiger partial charge in [0.1, 0.15) is 6.67 Å². The summed E-state index contributed by atoms with van der Waals surface area (Å²) in [6.45, 7) is -0.691. The van der Waals surface area contributed by atoms with Gasteiger partial charge in [-0.3, -0.25) is 0 Å². The normalized spacial score (nSPS) is 11.5. The van der Waals surface area contributed by atoms with E-state index in [4.69, 9.17) is 5.14 Å². The Bertz CT molecular complexity index is 375. The van der Waals surface area contributed by atoms with E-state index < -0.39 is 16.7 Å². The lowest BCUT2D eigenvalue weighted by Gasteiger charge is -1.98. The van der Waals surface area contributed by atoms with Crippen molar-refractivity contribution in [3.05, 3.63) is 29.8 Å². The fraction of sp³-hybridized carbons (Fsp3) is 0.143. The molecule has 66 valence electrons. The largest absolute Gasteiger partial charge is 0.246 e. The van der Waals surface area contributed by atoms with Gasteiger partial charge in [-0.25, -0.2) is 17.9 Å². The number of halogens is 1. The lowest BCUT2D eigenvalue weighted by Crippen LogP contribution is -2.12. The molecule has 0 unspecified atom stereocenters. The molecule has 1 aromatic rings. The van der Waals surface area contributed by atoms with Gasteiger partial charge in [-0.1, -0.05) is 12.1 Å². The van der Waals surface area contributed by atoms with Gasteiger partial charge in [0.25, 0.3) is 0 Å². The Hall–Kier alpha value is -0.940. The van der Waals surface area contributed by atoms with Crippen LogP contribution >= 0.6 is 0 Å². The molecule has 0 aliphatic rings. The molecule has 0 bridgehead atoms. The molecule has 3 nitrogen and oxygen atoms in total. The molecule has 0 radical (unpaired) electrons. The van der Waals surface area contributed by atoms with Crippen LogP contribution in [0.1, 0.15) is 5.56 Å². The maximum absolute atomic E-state index is 12.1. The summed E-state index contributed by atoms with van der Waals surface area (Å²) in [4.78, 5) is -0.0577. The molecular formula is C7H8FNO2S. The first-order valence-electron chi connectivity index (χ1n) is 3.22.